The summed E-state index contributed by atoms with van der Waals surface area (Å²) < 4.78 is 0. The number of nitrogen functional groups attached to an aromatic ring is 1. The quantitative estimate of drug-likeness (QED) is 0.339. The van der Waals surface area contributed by atoms with E-state index in [-0.39, 0.29) is 5.69 Å². The van der Waals surface area contributed by atoms with Crippen LogP contribution in [0.2, 0.25) is 0 Å². The van der Waals surface area contributed by atoms with Crippen molar-refractivity contribution in [2.45, 2.75) is 0 Å². The second-order valence-electron chi connectivity index (χ2n) is 5.80. The van der Waals surface area contributed by atoms with Gasteiger partial charge in [0.15, 0.2) is 5.69 Å². The van der Waals surface area contributed by atoms with Crippen molar-refractivity contribution in [3.8, 4) is 22.4 Å². The third-order valence-electron chi connectivity index (χ3n) is 4.17. The molecule has 0 saturated carbocycles. The molecule has 5 nitrogen and oxygen atoms in total. The van der Waals surface area contributed by atoms with Gasteiger partial charge >= 0.3 is 0 Å². The summed E-state index contributed by atoms with van der Waals surface area (Å²) in [7, 11) is 0. The lowest BCUT2D eigenvalue weighted by Gasteiger charge is -2.11. The fourth-order valence-corrected chi connectivity index (χ4v) is 2.95. The van der Waals surface area contributed by atoms with Crippen LogP contribution in [-0.2, 0) is 0 Å². The van der Waals surface area contributed by atoms with Crippen molar-refractivity contribution in [2.24, 2.45) is 5.84 Å². The number of carbonyl (C=O) groups excluding carboxylic acids is 1. The fourth-order valence-electron chi connectivity index (χ4n) is 2.95. The molecule has 1 amide bonds. The maximum atomic E-state index is 12.3. The maximum Gasteiger partial charge on any atom is 0.286 e. The number of hydrogen-bond donors (Lipinski definition) is 2. The van der Waals surface area contributed by atoms with Gasteiger partial charge in [-0.2, -0.15) is 0 Å². The average Bonchev–Trinajstić information content (AvgIpc) is 2.73. The molecular formula is C21H16N4O. The molecule has 0 radical (unpaired) electrons. The summed E-state index contributed by atoms with van der Waals surface area (Å²) in [5.41, 5.74) is 7.07. The van der Waals surface area contributed by atoms with E-state index in [0.29, 0.717) is 11.2 Å². The molecule has 0 fully saturated rings. The minimum absolute atomic E-state index is 0.205. The topological polar surface area (TPSA) is 80.9 Å². The van der Waals surface area contributed by atoms with E-state index in [1.165, 1.54) is 0 Å². The van der Waals surface area contributed by atoms with Crippen LogP contribution in [0.15, 0.2) is 78.9 Å². The number of hydrogen-bond acceptors (Lipinski definition) is 4. The van der Waals surface area contributed by atoms with Crippen LogP contribution in [0.25, 0.3) is 33.4 Å². The SMILES string of the molecule is NNC(=O)c1nc2cccc(-c3ccccc3)c2nc1-c1ccccc1. The number of nitrogens with two attached hydrogens (primary N) is 1. The van der Waals surface area contributed by atoms with E-state index >= 15 is 0 Å². The molecule has 0 unspecified atom stereocenters. The van der Waals surface area contributed by atoms with Crippen LogP contribution in [-0.4, -0.2) is 15.9 Å². The molecule has 5 heteroatoms. The first kappa shape index (κ1) is 15.9. The molecule has 3 aromatic carbocycles. The molecule has 26 heavy (non-hydrogen) atoms. The smallest absolute Gasteiger partial charge is 0.286 e. The molecule has 126 valence electrons. The average molecular weight is 340 g/mol. The van der Waals surface area contributed by atoms with Gasteiger partial charge in [0.25, 0.3) is 5.91 Å². The van der Waals surface area contributed by atoms with Gasteiger partial charge in [-0.15, -0.1) is 0 Å². The van der Waals surface area contributed by atoms with E-state index in [1.54, 1.807) is 0 Å². The molecule has 3 N–H and O–H groups in total. The van der Waals surface area contributed by atoms with Crippen molar-refractivity contribution in [3.63, 3.8) is 0 Å². The van der Waals surface area contributed by atoms with Gasteiger partial charge in [0, 0.05) is 11.1 Å². The molecule has 0 aliphatic carbocycles. The van der Waals surface area contributed by atoms with Crippen molar-refractivity contribution in [1.82, 2.24) is 15.4 Å². The molecule has 0 saturated heterocycles. The lowest BCUT2D eigenvalue weighted by atomic mass is 10.0. The third-order valence-corrected chi connectivity index (χ3v) is 4.17. The highest BCUT2D eigenvalue weighted by molar-refractivity contribution is 6.01. The summed E-state index contributed by atoms with van der Waals surface area (Å²) >= 11 is 0. The van der Waals surface area contributed by atoms with Crippen molar-refractivity contribution >= 4 is 16.9 Å². The Balaban J connectivity index is 2.03. The molecule has 1 aromatic heterocycles. The highest BCUT2D eigenvalue weighted by Gasteiger charge is 2.18. The monoisotopic (exact) mass is 340 g/mol. The Kier molecular flexibility index (Phi) is 4.13. The zero-order chi connectivity index (χ0) is 17.9. The number of amides is 1. The number of nitrogens with zero attached hydrogens (tertiary/aromatic N) is 2. The minimum atomic E-state index is -0.469. The van der Waals surface area contributed by atoms with E-state index in [2.05, 4.69) is 10.4 Å². The number of para-hydroxylation sites is 1. The molecular weight excluding hydrogens is 324 g/mol. The number of carbonyl (C=O) groups is 1. The minimum Gasteiger partial charge on any atom is -0.289 e. The van der Waals surface area contributed by atoms with Crippen LogP contribution in [0.3, 0.4) is 0 Å². The Labute approximate surface area is 150 Å². The van der Waals surface area contributed by atoms with Gasteiger partial charge < -0.3 is 0 Å². The van der Waals surface area contributed by atoms with Gasteiger partial charge in [-0.1, -0.05) is 72.8 Å². The van der Waals surface area contributed by atoms with E-state index in [9.17, 15) is 4.79 Å². The number of rotatable bonds is 3. The third kappa shape index (κ3) is 2.81. The van der Waals surface area contributed by atoms with E-state index in [0.717, 1.165) is 22.2 Å². The second-order valence-corrected chi connectivity index (χ2v) is 5.80. The normalized spacial score (nSPS) is 10.7. The molecule has 1 heterocycles. The van der Waals surface area contributed by atoms with Crippen LogP contribution in [0.4, 0.5) is 0 Å². The van der Waals surface area contributed by atoms with Crippen molar-refractivity contribution in [3.05, 3.63) is 84.6 Å². The zero-order valence-electron chi connectivity index (χ0n) is 13.9. The number of nitrogens with one attached hydrogen (secondary N) is 1. The Bertz CT molecular complexity index is 1080. The fraction of sp³-hybridized carbons (Fsp3) is 0. The number of hydrazine groups is 1. The first-order valence-electron chi connectivity index (χ1n) is 8.20. The maximum absolute atomic E-state index is 12.3. The standard InChI is InChI=1S/C21H16N4O/c22-25-21(26)20-18(15-10-5-2-6-11-15)24-19-16(12-7-13-17(19)23-20)14-8-3-1-4-9-14/h1-13H,22H2,(H,25,26). The van der Waals surface area contributed by atoms with Gasteiger partial charge in [0.1, 0.15) is 5.69 Å². The first-order valence-corrected chi connectivity index (χ1v) is 8.20. The van der Waals surface area contributed by atoms with Crippen LogP contribution >= 0.6 is 0 Å². The molecule has 0 bridgehead atoms. The Morgan fingerprint density at radius 1 is 0.769 bits per heavy atom. The van der Waals surface area contributed by atoms with Gasteiger partial charge in [-0.25, -0.2) is 15.8 Å². The lowest BCUT2D eigenvalue weighted by molar-refractivity contribution is 0.0949. The number of fused-ring (bicyclic) bond motifs is 1. The van der Waals surface area contributed by atoms with Crippen molar-refractivity contribution in [1.29, 1.82) is 0 Å². The molecule has 4 aromatic rings. The largest absolute Gasteiger partial charge is 0.289 e. The zero-order valence-corrected chi connectivity index (χ0v) is 13.9. The summed E-state index contributed by atoms with van der Waals surface area (Å²) in [5, 5.41) is 0. The van der Waals surface area contributed by atoms with Gasteiger partial charge in [-0.05, 0) is 11.6 Å². The molecule has 0 aliphatic heterocycles. The lowest BCUT2D eigenvalue weighted by Crippen LogP contribution is -2.31. The molecule has 0 aliphatic rings. The van der Waals surface area contributed by atoms with Crippen LogP contribution in [0.5, 0.6) is 0 Å². The number of benzene rings is 3. The molecule has 4 rings (SSSR count). The van der Waals surface area contributed by atoms with E-state index in [1.807, 2.05) is 78.9 Å². The second kappa shape index (κ2) is 6.74. The van der Waals surface area contributed by atoms with Crippen molar-refractivity contribution < 1.29 is 4.79 Å². The summed E-state index contributed by atoms with van der Waals surface area (Å²) in [6.07, 6.45) is 0. The van der Waals surface area contributed by atoms with Gasteiger partial charge in [-0.3, -0.25) is 10.2 Å². The summed E-state index contributed by atoms with van der Waals surface area (Å²) in [4.78, 5) is 21.6. The predicted molar refractivity (Wildman–Crippen MR) is 102 cm³/mol. The highest BCUT2D eigenvalue weighted by Crippen LogP contribution is 2.30. The Morgan fingerprint density at radius 2 is 1.42 bits per heavy atom. The predicted octanol–water partition coefficient (Wildman–Crippen LogP) is 3.57. The summed E-state index contributed by atoms with van der Waals surface area (Å²) in [5.74, 6) is 4.88. The van der Waals surface area contributed by atoms with Gasteiger partial charge in [0.2, 0.25) is 0 Å². The van der Waals surface area contributed by atoms with Crippen LogP contribution in [0, 0.1) is 0 Å². The van der Waals surface area contributed by atoms with E-state index < -0.39 is 5.91 Å². The Morgan fingerprint density at radius 3 is 2.08 bits per heavy atom. The van der Waals surface area contributed by atoms with Crippen molar-refractivity contribution in [2.75, 3.05) is 0 Å². The first-order chi connectivity index (χ1) is 12.8. The summed E-state index contributed by atoms with van der Waals surface area (Å²) in [6.45, 7) is 0. The van der Waals surface area contributed by atoms with Crippen LogP contribution < -0.4 is 11.3 Å². The Hall–Kier alpha value is -3.57. The van der Waals surface area contributed by atoms with E-state index in [4.69, 9.17) is 10.8 Å². The van der Waals surface area contributed by atoms with Crippen LogP contribution in [0.1, 0.15) is 10.5 Å². The number of aromatic nitrogens is 2. The summed E-state index contributed by atoms with van der Waals surface area (Å²) in [6, 6.07) is 25.2. The molecule has 0 atom stereocenters. The molecule has 0 spiro atoms. The van der Waals surface area contributed by atoms with Gasteiger partial charge in [0.05, 0.1) is 11.0 Å². The highest BCUT2D eigenvalue weighted by atomic mass is 16.2.